The number of nitrogens with two attached hydrogens (primary N) is 2. The average molecular weight is 299 g/mol. The maximum absolute atomic E-state index is 14.1. The minimum absolute atomic E-state index is 0.215. The van der Waals surface area contributed by atoms with E-state index >= 15 is 0 Å². The lowest BCUT2D eigenvalue weighted by molar-refractivity contribution is 0.631. The van der Waals surface area contributed by atoms with Gasteiger partial charge in [-0.25, -0.2) is 9.37 Å². The number of hydrogen-bond acceptors (Lipinski definition) is 4. The van der Waals surface area contributed by atoms with Gasteiger partial charge in [0.1, 0.15) is 11.6 Å². The second kappa shape index (κ2) is 5.63. The van der Waals surface area contributed by atoms with Crippen molar-refractivity contribution in [2.45, 2.75) is 6.54 Å². The second-order valence-corrected chi connectivity index (χ2v) is 5.53. The summed E-state index contributed by atoms with van der Waals surface area (Å²) in [6.45, 7) is 0.215. The topological polar surface area (TPSA) is 64.9 Å². The van der Waals surface area contributed by atoms with E-state index in [0.717, 1.165) is 10.6 Å². The van der Waals surface area contributed by atoms with Crippen molar-refractivity contribution in [3.8, 4) is 21.7 Å². The van der Waals surface area contributed by atoms with Crippen LogP contribution in [0.5, 0.6) is 0 Å². The minimum atomic E-state index is -0.296. The largest absolute Gasteiger partial charge is 0.383 e. The van der Waals surface area contributed by atoms with Gasteiger partial charge in [0.25, 0.3) is 0 Å². The Morgan fingerprint density at radius 1 is 1.10 bits per heavy atom. The SMILES string of the molecule is NCc1c(-c2ccccc2F)cc(-c2cccs2)nc1N. The van der Waals surface area contributed by atoms with Crippen molar-refractivity contribution in [3.63, 3.8) is 0 Å². The summed E-state index contributed by atoms with van der Waals surface area (Å²) < 4.78 is 14.1. The number of halogens is 1. The zero-order valence-corrected chi connectivity index (χ0v) is 12.0. The Morgan fingerprint density at radius 3 is 2.57 bits per heavy atom. The van der Waals surface area contributed by atoms with E-state index in [9.17, 15) is 4.39 Å². The molecule has 0 aliphatic heterocycles. The first kappa shape index (κ1) is 13.7. The summed E-state index contributed by atoms with van der Waals surface area (Å²) >= 11 is 1.56. The third-order valence-electron chi connectivity index (χ3n) is 3.30. The van der Waals surface area contributed by atoms with E-state index in [4.69, 9.17) is 11.5 Å². The van der Waals surface area contributed by atoms with Gasteiger partial charge in [-0.1, -0.05) is 24.3 Å². The molecule has 2 aromatic heterocycles. The first-order valence-electron chi connectivity index (χ1n) is 6.49. The summed E-state index contributed by atoms with van der Waals surface area (Å²) in [6.07, 6.45) is 0. The molecule has 0 amide bonds. The molecule has 0 spiro atoms. The summed E-state index contributed by atoms with van der Waals surface area (Å²) in [4.78, 5) is 5.38. The lowest BCUT2D eigenvalue weighted by Gasteiger charge is -2.13. The van der Waals surface area contributed by atoms with Crippen LogP contribution in [-0.4, -0.2) is 4.98 Å². The van der Waals surface area contributed by atoms with E-state index in [1.807, 2.05) is 23.6 Å². The Bertz CT molecular complexity index is 769. The number of nitrogens with zero attached hydrogens (tertiary/aromatic N) is 1. The van der Waals surface area contributed by atoms with Crippen molar-refractivity contribution in [1.82, 2.24) is 4.98 Å². The molecule has 106 valence electrons. The fourth-order valence-electron chi connectivity index (χ4n) is 2.28. The van der Waals surface area contributed by atoms with Gasteiger partial charge in [0.2, 0.25) is 0 Å². The molecule has 4 N–H and O–H groups in total. The van der Waals surface area contributed by atoms with Crippen LogP contribution in [0.1, 0.15) is 5.56 Å². The smallest absolute Gasteiger partial charge is 0.131 e. The minimum Gasteiger partial charge on any atom is -0.383 e. The Labute approximate surface area is 126 Å². The Balaban J connectivity index is 2.25. The number of aromatic nitrogens is 1. The number of hydrogen-bond donors (Lipinski definition) is 2. The highest BCUT2D eigenvalue weighted by Crippen LogP contribution is 2.33. The van der Waals surface area contributed by atoms with Crippen molar-refractivity contribution in [2.75, 3.05) is 5.73 Å². The van der Waals surface area contributed by atoms with Gasteiger partial charge in [-0.3, -0.25) is 0 Å². The third-order valence-corrected chi connectivity index (χ3v) is 4.19. The quantitative estimate of drug-likeness (QED) is 0.775. The molecule has 0 aliphatic carbocycles. The van der Waals surface area contributed by atoms with Crippen LogP contribution in [0.2, 0.25) is 0 Å². The van der Waals surface area contributed by atoms with E-state index in [1.54, 1.807) is 29.5 Å². The molecule has 0 bridgehead atoms. The van der Waals surface area contributed by atoms with Crippen LogP contribution >= 0.6 is 11.3 Å². The van der Waals surface area contributed by atoms with E-state index in [2.05, 4.69) is 4.98 Å². The van der Waals surface area contributed by atoms with Gasteiger partial charge in [0, 0.05) is 17.7 Å². The maximum atomic E-state index is 14.1. The molecular formula is C16H14FN3S. The van der Waals surface area contributed by atoms with Gasteiger partial charge in [-0.05, 0) is 29.1 Å². The number of thiophene rings is 1. The van der Waals surface area contributed by atoms with Crippen LogP contribution in [-0.2, 0) is 6.54 Å². The first-order chi connectivity index (χ1) is 10.2. The van der Waals surface area contributed by atoms with E-state index in [0.29, 0.717) is 22.5 Å². The molecule has 0 saturated heterocycles. The molecule has 0 aliphatic rings. The Kier molecular flexibility index (Phi) is 3.68. The van der Waals surface area contributed by atoms with Crippen LogP contribution in [0.3, 0.4) is 0 Å². The van der Waals surface area contributed by atoms with Crippen LogP contribution in [0, 0.1) is 5.82 Å². The Hall–Kier alpha value is -2.24. The molecule has 0 fully saturated rings. The van der Waals surface area contributed by atoms with Gasteiger partial charge < -0.3 is 11.5 Å². The molecule has 0 atom stereocenters. The number of pyridine rings is 1. The predicted molar refractivity (Wildman–Crippen MR) is 85.2 cm³/mol. The van der Waals surface area contributed by atoms with Crippen LogP contribution in [0.15, 0.2) is 47.8 Å². The van der Waals surface area contributed by atoms with Gasteiger partial charge in [-0.2, -0.15) is 0 Å². The zero-order chi connectivity index (χ0) is 14.8. The monoisotopic (exact) mass is 299 g/mol. The first-order valence-corrected chi connectivity index (χ1v) is 7.37. The number of rotatable bonds is 3. The molecule has 3 aromatic rings. The predicted octanol–water partition coefficient (Wildman–Crippen LogP) is 3.66. The highest BCUT2D eigenvalue weighted by molar-refractivity contribution is 7.13. The number of nitrogen functional groups attached to an aromatic ring is 1. The van der Waals surface area contributed by atoms with Crippen molar-refractivity contribution >= 4 is 17.2 Å². The number of anilines is 1. The highest BCUT2D eigenvalue weighted by Gasteiger charge is 2.15. The van der Waals surface area contributed by atoms with E-state index < -0.39 is 0 Å². The highest BCUT2D eigenvalue weighted by atomic mass is 32.1. The van der Waals surface area contributed by atoms with Crippen LogP contribution < -0.4 is 11.5 Å². The molecule has 0 saturated carbocycles. The molecule has 5 heteroatoms. The fourth-order valence-corrected chi connectivity index (χ4v) is 2.96. The zero-order valence-electron chi connectivity index (χ0n) is 11.2. The Morgan fingerprint density at radius 2 is 1.90 bits per heavy atom. The van der Waals surface area contributed by atoms with Crippen molar-refractivity contribution < 1.29 is 4.39 Å². The summed E-state index contributed by atoms with van der Waals surface area (Å²) in [6, 6.07) is 12.4. The molecule has 0 radical (unpaired) electrons. The average Bonchev–Trinajstić information content (AvgIpc) is 3.01. The van der Waals surface area contributed by atoms with Crippen LogP contribution in [0.4, 0.5) is 10.2 Å². The third kappa shape index (κ3) is 2.53. The second-order valence-electron chi connectivity index (χ2n) is 4.58. The van der Waals surface area contributed by atoms with Crippen LogP contribution in [0.25, 0.3) is 21.7 Å². The summed E-state index contributed by atoms with van der Waals surface area (Å²) in [5.41, 5.74) is 14.4. The maximum Gasteiger partial charge on any atom is 0.131 e. The van der Waals surface area contributed by atoms with E-state index in [1.165, 1.54) is 6.07 Å². The lowest BCUT2D eigenvalue weighted by Crippen LogP contribution is -2.07. The lowest BCUT2D eigenvalue weighted by atomic mass is 9.99. The molecule has 2 heterocycles. The van der Waals surface area contributed by atoms with Crippen molar-refractivity contribution in [1.29, 1.82) is 0 Å². The van der Waals surface area contributed by atoms with Gasteiger partial charge in [0.05, 0.1) is 10.6 Å². The molecular weight excluding hydrogens is 285 g/mol. The standard InChI is InChI=1S/C16H14FN3S/c17-13-5-2-1-4-10(13)11-8-14(15-6-3-7-21-15)20-16(19)12(11)9-18/h1-8H,9,18H2,(H2,19,20). The molecule has 21 heavy (non-hydrogen) atoms. The molecule has 1 aromatic carbocycles. The normalized spacial score (nSPS) is 10.8. The molecule has 3 rings (SSSR count). The van der Waals surface area contributed by atoms with E-state index in [-0.39, 0.29) is 12.4 Å². The van der Waals surface area contributed by atoms with Crippen molar-refractivity contribution in [2.24, 2.45) is 5.73 Å². The summed E-state index contributed by atoms with van der Waals surface area (Å²) in [7, 11) is 0. The fraction of sp³-hybridized carbons (Fsp3) is 0.0625. The van der Waals surface area contributed by atoms with Gasteiger partial charge in [0.15, 0.2) is 0 Å². The number of benzene rings is 1. The van der Waals surface area contributed by atoms with Gasteiger partial charge in [-0.15, -0.1) is 11.3 Å². The molecule has 0 unspecified atom stereocenters. The summed E-state index contributed by atoms with van der Waals surface area (Å²) in [5.74, 6) is 0.0524. The summed E-state index contributed by atoms with van der Waals surface area (Å²) in [5, 5.41) is 1.97. The van der Waals surface area contributed by atoms with Gasteiger partial charge >= 0.3 is 0 Å². The molecule has 3 nitrogen and oxygen atoms in total. The van der Waals surface area contributed by atoms with Crippen molar-refractivity contribution in [3.05, 3.63) is 59.2 Å².